The first kappa shape index (κ1) is 23.2. The number of fused-ring (bicyclic) bond motifs is 1. The van der Waals surface area contributed by atoms with Crippen LogP contribution in [0.1, 0.15) is 52.8 Å². The molecule has 2 N–H and O–H groups in total. The molecule has 0 bridgehead atoms. The summed E-state index contributed by atoms with van der Waals surface area (Å²) in [5, 5.41) is 15.3. The number of likely N-dealkylation sites (tertiary alicyclic amines) is 1. The zero-order valence-electron chi connectivity index (χ0n) is 19.2. The molecule has 3 aliphatic rings. The molecule has 2 amide bonds. The van der Waals surface area contributed by atoms with Gasteiger partial charge in [0.1, 0.15) is 11.4 Å². The summed E-state index contributed by atoms with van der Waals surface area (Å²) in [7, 11) is 0. The Labute approximate surface area is 209 Å². The molecule has 1 spiro atoms. The summed E-state index contributed by atoms with van der Waals surface area (Å²) in [5.74, 6) is 3.04. The fourth-order valence-corrected chi connectivity index (χ4v) is 4.80. The van der Waals surface area contributed by atoms with Crippen LogP contribution in [0.5, 0.6) is 5.75 Å². The summed E-state index contributed by atoms with van der Waals surface area (Å²) in [4.78, 5) is 27.7. The van der Waals surface area contributed by atoms with Crippen molar-refractivity contribution >= 4 is 29.1 Å². The average molecular weight is 492 g/mol. The van der Waals surface area contributed by atoms with Gasteiger partial charge in [-0.3, -0.25) is 9.59 Å². The third-order valence-electron chi connectivity index (χ3n) is 6.76. The van der Waals surface area contributed by atoms with Crippen LogP contribution in [0.15, 0.2) is 52.7 Å². The molecule has 35 heavy (non-hydrogen) atoms. The van der Waals surface area contributed by atoms with E-state index in [4.69, 9.17) is 22.8 Å². The number of ether oxygens (including phenoxy) is 1. The second-order valence-corrected chi connectivity index (χ2v) is 9.59. The topological polar surface area (TPSA) is 95.4 Å². The summed E-state index contributed by atoms with van der Waals surface area (Å²) in [6.07, 6.45) is 8.55. The highest BCUT2D eigenvalue weighted by Crippen LogP contribution is 2.37. The number of hydrogen-bond donors (Lipinski definition) is 2. The molecule has 3 aliphatic heterocycles. The number of amides is 2. The molecule has 180 valence electrons. The van der Waals surface area contributed by atoms with Crippen LogP contribution in [0.2, 0.25) is 5.02 Å². The van der Waals surface area contributed by atoms with Crippen LogP contribution in [0.4, 0.5) is 5.69 Å². The lowest BCUT2D eigenvalue weighted by Crippen LogP contribution is -2.62. The van der Waals surface area contributed by atoms with Crippen molar-refractivity contribution < 1.29 is 14.3 Å². The molecular formula is C26H26ClN5O3. The third kappa shape index (κ3) is 4.96. The summed E-state index contributed by atoms with van der Waals surface area (Å²) >= 11 is 6.04. The molecule has 5 rings (SSSR count). The molecule has 0 saturated carbocycles. The number of hydrogen-bond acceptors (Lipinski definition) is 6. The number of nitrogens with one attached hydrogen (secondary N) is 2. The van der Waals surface area contributed by atoms with Crippen molar-refractivity contribution in [1.82, 2.24) is 10.2 Å². The van der Waals surface area contributed by atoms with Gasteiger partial charge in [0.05, 0.1) is 12.2 Å². The highest BCUT2D eigenvalue weighted by atomic mass is 35.5. The Hall–Kier alpha value is -3.57. The van der Waals surface area contributed by atoms with Gasteiger partial charge >= 0.3 is 0 Å². The van der Waals surface area contributed by atoms with Crippen molar-refractivity contribution in [2.75, 3.05) is 25.0 Å². The molecule has 1 saturated heterocycles. The van der Waals surface area contributed by atoms with Gasteiger partial charge in [-0.1, -0.05) is 17.7 Å². The van der Waals surface area contributed by atoms with E-state index in [0.717, 1.165) is 12.1 Å². The monoisotopic (exact) mass is 491 g/mol. The minimum absolute atomic E-state index is 0.0581. The van der Waals surface area contributed by atoms with Crippen LogP contribution in [-0.4, -0.2) is 47.7 Å². The van der Waals surface area contributed by atoms with Crippen molar-refractivity contribution in [3.8, 4) is 18.1 Å². The van der Waals surface area contributed by atoms with E-state index in [9.17, 15) is 9.59 Å². The minimum atomic E-state index is -0.575. The minimum Gasteiger partial charge on any atom is -0.493 e. The highest BCUT2D eigenvalue weighted by molar-refractivity contribution is 6.31. The van der Waals surface area contributed by atoms with E-state index >= 15 is 0 Å². The molecule has 3 heterocycles. The van der Waals surface area contributed by atoms with Gasteiger partial charge < -0.3 is 20.3 Å². The van der Waals surface area contributed by atoms with Crippen LogP contribution >= 0.6 is 11.6 Å². The van der Waals surface area contributed by atoms with E-state index in [1.807, 2.05) is 23.1 Å². The first-order valence-electron chi connectivity index (χ1n) is 11.7. The Morgan fingerprint density at radius 1 is 1.14 bits per heavy atom. The smallest absolute Gasteiger partial charge is 0.255 e. The van der Waals surface area contributed by atoms with Gasteiger partial charge in [0, 0.05) is 61.5 Å². The normalized spacial score (nSPS) is 18.7. The first-order chi connectivity index (χ1) is 16.9. The van der Waals surface area contributed by atoms with Crippen LogP contribution < -0.4 is 15.4 Å². The molecular weight excluding hydrogens is 466 g/mol. The van der Waals surface area contributed by atoms with Crippen molar-refractivity contribution in [3.63, 3.8) is 0 Å². The van der Waals surface area contributed by atoms with E-state index in [1.165, 1.54) is 0 Å². The van der Waals surface area contributed by atoms with Gasteiger partial charge in [0.25, 0.3) is 11.8 Å². The van der Waals surface area contributed by atoms with Gasteiger partial charge in [0.15, 0.2) is 5.66 Å². The Balaban J connectivity index is 1.17. The number of benzene rings is 2. The Kier molecular flexibility index (Phi) is 6.12. The van der Waals surface area contributed by atoms with Crippen molar-refractivity contribution in [2.24, 2.45) is 10.2 Å². The predicted octanol–water partition coefficient (Wildman–Crippen LogP) is 4.47. The fraction of sp³-hybridized carbons (Fsp3) is 0.385. The number of carbonyl (C=O) groups excluding carboxylic acids is 2. The largest absolute Gasteiger partial charge is 0.493 e. The van der Waals surface area contributed by atoms with E-state index in [-0.39, 0.29) is 17.5 Å². The summed E-state index contributed by atoms with van der Waals surface area (Å²) in [6, 6.07) is 12.5. The molecule has 8 nitrogen and oxygen atoms in total. The Morgan fingerprint density at radius 2 is 1.94 bits per heavy atom. The number of rotatable bonds is 7. The number of halogens is 1. The van der Waals surface area contributed by atoms with Gasteiger partial charge in [0.2, 0.25) is 0 Å². The molecule has 0 unspecified atom stereocenters. The SMILES string of the molecule is C#CCCC1(CCOc2cccc(C(=O)N3CCC4(CC3)NC(=O)c3cc(Cl)ccc3N4)c2)N=N1. The maximum absolute atomic E-state index is 13.2. The number of terminal acetylenes is 1. The zero-order chi connectivity index (χ0) is 24.5. The maximum atomic E-state index is 13.2. The van der Waals surface area contributed by atoms with Crippen molar-refractivity contribution in [2.45, 2.75) is 43.4 Å². The summed E-state index contributed by atoms with van der Waals surface area (Å²) in [6.45, 7) is 1.47. The Bertz CT molecular complexity index is 1220. The lowest BCUT2D eigenvalue weighted by Gasteiger charge is -2.46. The second-order valence-electron chi connectivity index (χ2n) is 9.16. The van der Waals surface area contributed by atoms with Gasteiger partial charge in [-0.2, -0.15) is 10.2 Å². The molecule has 2 aromatic carbocycles. The number of anilines is 1. The molecule has 0 aromatic heterocycles. The molecule has 1 fully saturated rings. The third-order valence-corrected chi connectivity index (χ3v) is 7.00. The summed E-state index contributed by atoms with van der Waals surface area (Å²) in [5.41, 5.74) is 0.898. The molecule has 2 aromatic rings. The van der Waals surface area contributed by atoms with Gasteiger partial charge in [-0.05, 0) is 36.4 Å². The lowest BCUT2D eigenvalue weighted by atomic mass is 9.92. The lowest BCUT2D eigenvalue weighted by molar-refractivity contribution is 0.0639. The maximum Gasteiger partial charge on any atom is 0.255 e. The average Bonchev–Trinajstić information content (AvgIpc) is 3.63. The molecule has 0 radical (unpaired) electrons. The summed E-state index contributed by atoms with van der Waals surface area (Å²) < 4.78 is 5.87. The van der Waals surface area contributed by atoms with Crippen LogP contribution in [0.25, 0.3) is 0 Å². The standard InChI is InChI=1S/C26H26ClN5O3/c1-2-3-9-26(30-31-26)12-15-35-20-6-4-5-18(16-20)24(34)32-13-10-25(11-14-32)28-22-8-7-19(27)17-21(22)23(33)29-25/h1,4-8,16-17,28H,3,9-15H2,(H,29,33). The fourth-order valence-electron chi connectivity index (χ4n) is 4.63. The van der Waals surface area contributed by atoms with E-state index in [2.05, 4.69) is 26.8 Å². The van der Waals surface area contributed by atoms with E-state index in [1.54, 1.807) is 24.3 Å². The van der Waals surface area contributed by atoms with Crippen LogP contribution in [0, 0.1) is 12.3 Å². The second kappa shape index (κ2) is 9.23. The molecule has 0 atom stereocenters. The van der Waals surface area contributed by atoms with Crippen LogP contribution in [-0.2, 0) is 0 Å². The number of nitrogens with zero attached hydrogens (tertiary/aromatic N) is 3. The van der Waals surface area contributed by atoms with Crippen molar-refractivity contribution in [3.05, 3.63) is 58.6 Å². The van der Waals surface area contributed by atoms with E-state index in [0.29, 0.717) is 67.3 Å². The molecule has 9 heteroatoms. The molecule has 0 aliphatic carbocycles. The first-order valence-corrected chi connectivity index (χ1v) is 12.1. The quantitative estimate of drug-likeness (QED) is 0.558. The van der Waals surface area contributed by atoms with Gasteiger partial charge in [-0.15, -0.1) is 12.3 Å². The van der Waals surface area contributed by atoms with Gasteiger partial charge in [-0.25, -0.2) is 0 Å². The highest BCUT2D eigenvalue weighted by Gasteiger charge is 2.41. The predicted molar refractivity (Wildman–Crippen MR) is 133 cm³/mol. The van der Waals surface area contributed by atoms with Crippen LogP contribution in [0.3, 0.4) is 0 Å². The van der Waals surface area contributed by atoms with Crippen molar-refractivity contribution in [1.29, 1.82) is 0 Å². The number of piperidine rings is 1. The zero-order valence-corrected chi connectivity index (χ0v) is 20.0. The number of carbonyl (C=O) groups is 2. The van der Waals surface area contributed by atoms with E-state index < -0.39 is 5.66 Å². The Morgan fingerprint density at radius 3 is 2.69 bits per heavy atom.